The van der Waals surface area contributed by atoms with Gasteiger partial charge in [-0.15, -0.1) is 0 Å². The molecule has 0 bridgehead atoms. The predicted octanol–water partition coefficient (Wildman–Crippen LogP) is 6.10. The second-order valence-electron chi connectivity index (χ2n) is 32.0. The minimum Gasteiger partial charge on any atom is -0.467 e. The third-order valence-electron chi connectivity index (χ3n) is 17.2. The van der Waals surface area contributed by atoms with Crippen LogP contribution in [0.4, 0.5) is 19.2 Å². The van der Waals surface area contributed by atoms with Crippen molar-refractivity contribution in [3.05, 3.63) is 0 Å². The maximum atomic E-state index is 15.6. The smallest absolute Gasteiger partial charge is 0.410 e. The molecule has 2 aliphatic heterocycles. The first-order valence-corrected chi connectivity index (χ1v) is 36.0. The molecule has 7 atom stereocenters. The zero-order chi connectivity index (χ0) is 77.5. The zero-order valence-electron chi connectivity index (χ0n) is 65.7. The van der Waals surface area contributed by atoms with Crippen molar-refractivity contribution >= 4 is 71.7 Å². The predicted molar refractivity (Wildman–Crippen MR) is 383 cm³/mol. The van der Waals surface area contributed by atoms with Crippen molar-refractivity contribution in [1.29, 1.82) is 0 Å². The Bertz CT molecular complexity index is 2760. The Morgan fingerprint density at radius 1 is 0.327 bits per heavy atom. The lowest BCUT2D eigenvalue weighted by Gasteiger charge is -2.39. The Morgan fingerprint density at radius 2 is 0.554 bits per heavy atom. The summed E-state index contributed by atoms with van der Waals surface area (Å²) in [4.78, 5) is 182. The Hall–Kier alpha value is -7.24. The van der Waals surface area contributed by atoms with E-state index in [1.165, 1.54) is 68.3 Å². The van der Waals surface area contributed by atoms with Gasteiger partial charge in [-0.1, -0.05) is 66.7 Å². The topological polar surface area (TPSA) is 355 Å². The van der Waals surface area contributed by atoms with E-state index < -0.39 is 134 Å². The molecule has 2 rings (SSSR count). The van der Waals surface area contributed by atoms with E-state index in [1.807, 2.05) is 20.8 Å². The normalized spacial score (nSPS) is 18.5. The largest absolute Gasteiger partial charge is 0.467 e. The molecule has 0 radical (unpaired) electrons. The maximum Gasteiger partial charge on any atom is 0.410 e. The number of rotatable bonds is 28. The van der Waals surface area contributed by atoms with E-state index in [2.05, 4.69) is 37.2 Å². The zero-order valence-corrected chi connectivity index (χ0v) is 65.7. The number of ether oxygens (including phenoxy) is 5. The lowest BCUT2D eigenvalue weighted by atomic mass is 9.89. The number of esters is 1. The molecule has 101 heavy (non-hydrogen) atoms. The van der Waals surface area contributed by atoms with Gasteiger partial charge in [-0.3, -0.25) is 43.4 Å². The quantitative estimate of drug-likeness (QED) is 0.0343. The molecule has 11 amide bonds. The van der Waals surface area contributed by atoms with Gasteiger partial charge < -0.3 is 80.5 Å². The highest BCUT2D eigenvalue weighted by molar-refractivity contribution is 6.01. The standard InChI is InChI=1S/C71H129N13O17/c1-25-30-67(19,74-49(6)85)54(88)72-50(47-79-35-39-81(59(93)98-63(7,8)9)43-44-82(40-36-79)60(94)99-64(10,11)12)52(86)75-69(21,32-27-3)56(90)77-68(20,31-26-2)55(89)73-51(53(87)76-70(22,33-28-4)57(91)78-71(23,34-29-5)58(92)97-24)48-80-37-41-83(61(95)100-65(13,14)15)45-46-84(42-38-80)62(96)101-66(16,17)18/h50-51H,25-48H2,1-24H3,(H,72,88)(H,73,89)(H,74,85)(H,75,86)(H,76,87)(H,77,90)(H,78,91)/t50-,51-,67-,68-,69-,70-,71-/m0/s1. The minimum absolute atomic E-state index is 0.0140. The van der Waals surface area contributed by atoms with Crippen LogP contribution in [0.25, 0.3) is 0 Å². The number of hydrogen-bond donors (Lipinski definition) is 7. The lowest BCUT2D eigenvalue weighted by molar-refractivity contribution is -0.151. The van der Waals surface area contributed by atoms with Crippen LogP contribution in [-0.2, 0) is 62.0 Å². The summed E-state index contributed by atoms with van der Waals surface area (Å²) in [5.74, 6) is -5.97. The Balaban J connectivity index is 2.93. The summed E-state index contributed by atoms with van der Waals surface area (Å²) in [6.07, 6.45) is -0.318. The van der Waals surface area contributed by atoms with Gasteiger partial charge in [0.05, 0.1) is 7.11 Å². The van der Waals surface area contributed by atoms with E-state index in [0.29, 0.717) is 32.1 Å². The van der Waals surface area contributed by atoms with Crippen LogP contribution < -0.4 is 37.2 Å². The molecule has 0 aliphatic carbocycles. The van der Waals surface area contributed by atoms with E-state index >= 15 is 19.2 Å². The molecule has 0 aromatic carbocycles. The fraction of sp³-hybridized carbons (Fsp3) is 0.831. The van der Waals surface area contributed by atoms with Crippen LogP contribution >= 0.6 is 0 Å². The molecule has 30 heteroatoms. The van der Waals surface area contributed by atoms with Crippen LogP contribution in [0.3, 0.4) is 0 Å². The number of carbonyl (C=O) groups excluding carboxylic acids is 12. The molecule has 0 unspecified atom stereocenters. The molecule has 2 heterocycles. The van der Waals surface area contributed by atoms with Crippen molar-refractivity contribution in [2.24, 2.45) is 0 Å². The molecule has 0 aromatic heterocycles. The van der Waals surface area contributed by atoms with Gasteiger partial charge in [-0.25, -0.2) is 24.0 Å². The molecule has 0 aromatic rings. The molecule has 30 nitrogen and oxygen atoms in total. The number of nitrogens with zero attached hydrogens (tertiary/aromatic N) is 6. The second-order valence-corrected chi connectivity index (χ2v) is 32.0. The van der Waals surface area contributed by atoms with Crippen LogP contribution in [0.2, 0.25) is 0 Å². The average molecular weight is 1440 g/mol. The summed E-state index contributed by atoms with van der Waals surface area (Å²) in [5.41, 5.74) is -11.9. The van der Waals surface area contributed by atoms with Crippen LogP contribution in [0.15, 0.2) is 0 Å². The van der Waals surface area contributed by atoms with Crippen molar-refractivity contribution in [2.75, 3.05) is 98.7 Å². The molecule has 0 saturated carbocycles. The molecule has 7 N–H and O–H groups in total. The van der Waals surface area contributed by atoms with Gasteiger partial charge in [0.1, 0.15) is 62.2 Å². The van der Waals surface area contributed by atoms with E-state index in [1.54, 1.807) is 107 Å². The first-order valence-electron chi connectivity index (χ1n) is 36.0. The van der Waals surface area contributed by atoms with Crippen LogP contribution in [-0.4, -0.2) is 262 Å². The van der Waals surface area contributed by atoms with E-state index in [4.69, 9.17) is 23.7 Å². The van der Waals surface area contributed by atoms with E-state index in [9.17, 15) is 38.4 Å². The molecule has 580 valence electrons. The number of amides is 11. The SMILES string of the molecule is CCC[C@](C)(NC(C)=O)C(=O)N[C@@H](CN1CCN(C(=O)OC(C)(C)C)CCN(C(=O)OC(C)(C)C)CC1)C(=O)N[C@@](C)(CCC)C(=O)N[C@@](C)(CCC)C(=O)N[C@@H](CN1CCN(C(=O)OC(C)(C)C)CCN(C(=O)OC(C)(C)C)CC1)C(=O)N[C@@](C)(CCC)C(=O)N[C@@](C)(CCC)C(=O)OC. The van der Waals surface area contributed by atoms with Gasteiger partial charge in [-0.05, 0) is 150 Å². The number of hydrogen-bond acceptors (Lipinski definition) is 19. The Morgan fingerprint density at radius 3 is 0.792 bits per heavy atom. The van der Waals surface area contributed by atoms with Crippen molar-refractivity contribution in [2.45, 2.75) is 286 Å². The van der Waals surface area contributed by atoms with Crippen molar-refractivity contribution in [1.82, 2.24) is 66.6 Å². The Kier molecular flexibility index (Phi) is 34.1. The van der Waals surface area contributed by atoms with Crippen LogP contribution in [0.1, 0.15) is 223 Å². The number of methoxy groups -OCH3 is 1. The van der Waals surface area contributed by atoms with Crippen molar-refractivity contribution < 1.29 is 81.2 Å². The summed E-state index contributed by atoms with van der Waals surface area (Å²) >= 11 is 0. The number of nitrogens with one attached hydrogen (secondary N) is 7. The highest BCUT2D eigenvalue weighted by Crippen LogP contribution is 2.25. The van der Waals surface area contributed by atoms with Crippen LogP contribution in [0, 0.1) is 0 Å². The van der Waals surface area contributed by atoms with Gasteiger partial charge in [-0.2, -0.15) is 0 Å². The highest BCUT2D eigenvalue weighted by Gasteiger charge is 2.47. The van der Waals surface area contributed by atoms with Gasteiger partial charge >= 0.3 is 30.3 Å². The first-order chi connectivity index (χ1) is 46.4. The first kappa shape index (κ1) is 89.8. The third-order valence-corrected chi connectivity index (χ3v) is 17.2. The summed E-state index contributed by atoms with van der Waals surface area (Å²) in [5, 5.41) is 20.2. The molecule has 2 aliphatic rings. The monoisotopic (exact) mass is 1440 g/mol. The third kappa shape index (κ3) is 29.9. The molecular weight excluding hydrogens is 1310 g/mol. The molecule has 0 spiro atoms. The van der Waals surface area contributed by atoms with Crippen molar-refractivity contribution in [3.8, 4) is 0 Å². The molecule has 2 fully saturated rings. The van der Waals surface area contributed by atoms with Gasteiger partial charge in [0, 0.05) is 98.6 Å². The summed E-state index contributed by atoms with van der Waals surface area (Å²) in [6.45, 7) is 38.9. The Labute approximate surface area is 601 Å². The summed E-state index contributed by atoms with van der Waals surface area (Å²) in [7, 11) is 1.21. The van der Waals surface area contributed by atoms with Gasteiger partial charge in [0.15, 0.2) is 0 Å². The van der Waals surface area contributed by atoms with Crippen LogP contribution in [0.5, 0.6) is 0 Å². The average Bonchev–Trinajstić information content (AvgIpc) is 0.995. The summed E-state index contributed by atoms with van der Waals surface area (Å²) < 4.78 is 28.2. The van der Waals surface area contributed by atoms with E-state index in [-0.39, 0.29) is 124 Å². The highest BCUT2D eigenvalue weighted by atomic mass is 16.6. The minimum atomic E-state index is -1.86. The maximum absolute atomic E-state index is 15.6. The summed E-state index contributed by atoms with van der Waals surface area (Å²) in [6, 6.07) is -3.03. The second kappa shape index (κ2) is 38.3. The lowest BCUT2D eigenvalue weighted by Crippen LogP contribution is -2.69. The molecule has 2 saturated heterocycles. The number of carbonyl (C=O) groups is 12. The van der Waals surface area contributed by atoms with Crippen molar-refractivity contribution in [3.63, 3.8) is 0 Å². The van der Waals surface area contributed by atoms with E-state index in [0.717, 1.165) is 0 Å². The van der Waals surface area contributed by atoms with Gasteiger partial charge in [0.2, 0.25) is 41.4 Å². The van der Waals surface area contributed by atoms with Gasteiger partial charge in [0.25, 0.3) is 0 Å². The molecular formula is C71H129N13O17. The fourth-order valence-corrected chi connectivity index (χ4v) is 11.9. The fourth-order valence-electron chi connectivity index (χ4n) is 11.9.